The number of pyridine rings is 1. The molecule has 3 N–H and O–H groups in total. The Bertz CT molecular complexity index is 521. The molecule has 2 heterocycles. The number of aromatic nitrogens is 1. The third-order valence-electron chi connectivity index (χ3n) is 4.43. The van der Waals surface area contributed by atoms with Crippen molar-refractivity contribution < 1.29 is 14.7 Å². The minimum Gasteiger partial charge on any atom is -0.387 e. The van der Waals surface area contributed by atoms with Crippen molar-refractivity contribution in [3.63, 3.8) is 0 Å². The second kappa shape index (κ2) is 7.35. The van der Waals surface area contributed by atoms with Crippen LogP contribution in [0.5, 0.6) is 0 Å². The number of carbonyl (C=O) groups is 2. The van der Waals surface area contributed by atoms with E-state index in [0.717, 1.165) is 24.8 Å². The van der Waals surface area contributed by atoms with Crippen LogP contribution < -0.4 is 5.73 Å². The molecule has 0 saturated carbocycles. The molecule has 0 aromatic carbocycles. The van der Waals surface area contributed by atoms with Gasteiger partial charge < -0.3 is 15.7 Å². The van der Waals surface area contributed by atoms with Crippen LogP contribution in [-0.4, -0.2) is 46.5 Å². The van der Waals surface area contributed by atoms with Gasteiger partial charge in [0.05, 0.1) is 5.41 Å². The number of hydrogen-bond donors (Lipinski definition) is 2. The van der Waals surface area contributed by atoms with Gasteiger partial charge in [0.1, 0.15) is 6.61 Å². The Morgan fingerprint density at radius 3 is 2.91 bits per heavy atom. The first-order valence-electron chi connectivity index (χ1n) is 7.65. The molecule has 1 unspecified atom stereocenters. The Morgan fingerprint density at radius 2 is 2.27 bits per heavy atom. The van der Waals surface area contributed by atoms with Crippen molar-refractivity contribution in [3.8, 4) is 0 Å². The average molecular weight is 305 g/mol. The average Bonchev–Trinajstić information content (AvgIpc) is 2.55. The predicted molar refractivity (Wildman–Crippen MR) is 81.7 cm³/mol. The first-order valence-corrected chi connectivity index (χ1v) is 7.65. The van der Waals surface area contributed by atoms with Crippen molar-refractivity contribution >= 4 is 11.8 Å². The molecule has 2 amide bonds. The number of aliphatic hydroxyl groups is 1. The standard InChI is InChI=1S/C16H23N3O3/c17-15(22)16(6-1-4-13-5-2-8-18-10-13)7-3-9-19(12-16)14(21)11-20/h2,5,8,10,20H,1,3-4,6-7,9,11-12H2,(H2,17,22). The molecule has 1 aromatic heterocycles. The molecule has 1 fully saturated rings. The summed E-state index contributed by atoms with van der Waals surface area (Å²) in [5.41, 5.74) is 6.08. The van der Waals surface area contributed by atoms with Crippen LogP contribution in [0.25, 0.3) is 0 Å². The van der Waals surface area contributed by atoms with E-state index in [-0.39, 0.29) is 11.8 Å². The predicted octanol–water partition coefficient (Wildman–Crippen LogP) is 0.491. The van der Waals surface area contributed by atoms with E-state index in [4.69, 9.17) is 10.8 Å². The lowest BCUT2D eigenvalue weighted by molar-refractivity contribution is -0.142. The number of nitrogens with zero attached hydrogens (tertiary/aromatic N) is 2. The molecule has 22 heavy (non-hydrogen) atoms. The largest absolute Gasteiger partial charge is 0.387 e. The van der Waals surface area contributed by atoms with Crippen molar-refractivity contribution in [3.05, 3.63) is 30.1 Å². The van der Waals surface area contributed by atoms with Crippen LogP contribution in [0, 0.1) is 5.41 Å². The van der Waals surface area contributed by atoms with Gasteiger partial charge in [-0.05, 0) is 43.7 Å². The number of nitrogens with two attached hydrogens (primary N) is 1. The van der Waals surface area contributed by atoms with E-state index in [9.17, 15) is 9.59 Å². The second-order valence-electron chi connectivity index (χ2n) is 5.94. The Labute approximate surface area is 130 Å². The number of aryl methyl sites for hydroxylation is 1. The summed E-state index contributed by atoms with van der Waals surface area (Å²) in [7, 11) is 0. The number of amides is 2. The number of likely N-dealkylation sites (tertiary alicyclic amines) is 1. The molecule has 0 aliphatic carbocycles. The fourth-order valence-corrected chi connectivity index (χ4v) is 3.15. The second-order valence-corrected chi connectivity index (χ2v) is 5.94. The van der Waals surface area contributed by atoms with Crippen LogP contribution >= 0.6 is 0 Å². The molecule has 1 aliphatic rings. The van der Waals surface area contributed by atoms with E-state index < -0.39 is 12.0 Å². The van der Waals surface area contributed by atoms with Gasteiger partial charge in [-0.1, -0.05) is 6.07 Å². The van der Waals surface area contributed by atoms with Crippen LogP contribution in [0.4, 0.5) is 0 Å². The van der Waals surface area contributed by atoms with Crippen LogP contribution in [0.15, 0.2) is 24.5 Å². The highest BCUT2D eigenvalue weighted by Gasteiger charge is 2.41. The smallest absolute Gasteiger partial charge is 0.248 e. The van der Waals surface area contributed by atoms with Crippen LogP contribution in [-0.2, 0) is 16.0 Å². The lowest BCUT2D eigenvalue weighted by atomic mass is 9.75. The summed E-state index contributed by atoms with van der Waals surface area (Å²) in [6.07, 6.45) is 7.28. The Morgan fingerprint density at radius 1 is 1.45 bits per heavy atom. The number of rotatable bonds is 6. The van der Waals surface area contributed by atoms with Gasteiger partial charge in [-0.15, -0.1) is 0 Å². The maximum Gasteiger partial charge on any atom is 0.248 e. The molecule has 0 bridgehead atoms. The summed E-state index contributed by atoms with van der Waals surface area (Å²) in [6, 6.07) is 3.90. The van der Waals surface area contributed by atoms with E-state index in [1.54, 1.807) is 11.1 Å². The van der Waals surface area contributed by atoms with Gasteiger partial charge in [-0.3, -0.25) is 14.6 Å². The van der Waals surface area contributed by atoms with Gasteiger partial charge in [0.25, 0.3) is 0 Å². The van der Waals surface area contributed by atoms with Crippen LogP contribution in [0.3, 0.4) is 0 Å². The normalized spacial score (nSPS) is 21.6. The van der Waals surface area contributed by atoms with Gasteiger partial charge >= 0.3 is 0 Å². The molecule has 6 heteroatoms. The molecule has 1 atom stereocenters. The number of carbonyl (C=O) groups excluding carboxylic acids is 2. The summed E-state index contributed by atoms with van der Waals surface area (Å²) >= 11 is 0. The Kier molecular flexibility index (Phi) is 5.49. The Hall–Kier alpha value is -1.95. The molecule has 1 aliphatic heterocycles. The number of hydrogen-bond acceptors (Lipinski definition) is 4. The zero-order valence-electron chi connectivity index (χ0n) is 12.7. The SMILES string of the molecule is NC(=O)C1(CCCc2cccnc2)CCCN(C(=O)CO)C1. The quantitative estimate of drug-likeness (QED) is 0.799. The first kappa shape index (κ1) is 16.4. The Balaban J connectivity index is 1.99. The summed E-state index contributed by atoms with van der Waals surface area (Å²) in [6.45, 7) is 0.371. The van der Waals surface area contributed by atoms with Gasteiger partial charge in [-0.2, -0.15) is 0 Å². The third-order valence-corrected chi connectivity index (χ3v) is 4.43. The molecular formula is C16H23N3O3. The topological polar surface area (TPSA) is 96.5 Å². The van der Waals surface area contributed by atoms with E-state index in [1.165, 1.54) is 0 Å². The van der Waals surface area contributed by atoms with E-state index in [2.05, 4.69) is 4.98 Å². The third kappa shape index (κ3) is 3.82. The molecular weight excluding hydrogens is 282 g/mol. The van der Waals surface area contributed by atoms with Crippen LogP contribution in [0.1, 0.15) is 31.2 Å². The number of piperidine rings is 1. The van der Waals surface area contributed by atoms with Crippen molar-refractivity contribution in [2.45, 2.75) is 32.1 Å². The number of aliphatic hydroxyl groups excluding tert-OH is 1. The molecule has 1 aromatic rings. The highest BCUT2D eigenvalue weighted by Crippen LogP contribution is 2.35. The molecule has 0 radical (unpaired) electrons. The van der Waals surface area contributed by atoms with Crippen molar-refractivity contribution in [2.75, 3.05) is 19.7 Å². The van der Waals surface area contributed by atoms with Gasteiger partial charge in [0.2, 0.25) is 11.8 Å². The zero-order valence-corrected chi connectivity index (χ0v) is 12.7. The monoisotopic (exact) mass is 305 g/mol. The zero-order chi connectivity index (χ0) is 16.0. The van der Waals surface area contributed by atoms with Gasteiger partial charge in [-0.25, -0.2) is 0 Å². The highest BCUT2D eigenvalue weighted by atomic mass is 16.3. The summed E-state index contributed by atoms with van der Waals surface area (Å²) in [4.78, 5) is 29.3. The summed E-state index contributed by atoms with van der Waals surface area (Å²) in [5.74, 6) is -0.688. The van der Waals surface area contributed by atoms with Crippen LogP contribution in [0.2, 0.25) is 0 Å². The maximum absolute atomic E-state index is 12.0. The van der Waals surface area contributed by atoms with E-state index in [1.807, 2.05) is 18.3 Å². The first-order chi connectivity index (χ1) is 10.6. The van der Waals surface area contributed by atoms with Gasteiger partial charge in [0, 0.05) is 25.5 Å². The minimum absolute atomic E-state index is 0.314. The molecule has 1 saturated heterocycles. The van der Waals surface area contributed by atoms with Crippen molar-refractivity contribution in [1.29, 1.82) is 0 Å². The lowest BCUT2D eigenvalue weighted by Crippen LogP contribution is -2.52. The van der Waals surface area contributed by atoms with Crippen molar-refractivity contribution in [2.24, 2.45) is 11.1 Å². The van der Waals surface area contributed by atoms with E-state index in [0.29, 0.717) is 25.9 Å². The summed E-state index contributed by atoms with van der Waals surface area (Å²) in [5, 5.41) is 9.01. The highest BCUT2D eigenvalue weighted by molar-refractivity contribution is 5.83. The maximum atomic E-state index is 12.0. The van der Waals surface area contributed by atoms with E-state index >= 15 is 0 Å². The van der Waals surface area contributed by atoms with Crippen molar-refractivity contribution in [1.82, 2.24) is 9.88 Å². The molecule has 0 spiro atoms. The summed E-state index contributed by atoms with van der Waals surface area (Å²) < 4.78 is 0. The fourth-order valence-electron chi connectivity index (χ4n) is 3.15. The fraction of sp³-hybridized carbons (Fsp3) is 0.562. The minimum atomic E-state index is -0.675. The molecule has 120 valence electrons. The lowest BCUT2D eigenvalue weighted by Gasteiger charge is -2.40. The molecule has 2 rings (SSSR count). The van der Waals surface area contributed by atoms with Gasteiger partial charge in [0.15, 0.2) is 0 Å². The molecule has 6 nitrogen and oxygen atoms in total. The number of primary amides is 1.